The van der Waals surface area contributed by atoms with Gasteiger partial charge in [-0.15, -0.1) is 11.3 Å². The highest BCUT2D eigenvalue weighted by Crippen LogP contribution is 2.17. The average Bonchev–Trinajstić information content (AvgIpc) is 2.76. The van der Waals surface area contributed by atoms with E-state index in [1.807, 2.05) is 37.3 Å². The molecule has 18 heavy (non-hydrogen) atoms. The van der Waals surface area contributed by atoms with Gasteiger partial charge in [0.15, 0.2) is 0 Å². The lowest BCUT2D eigenvalue weighted by Gasteiger charge is -2.05. The molecule has 0 aliphatic rings. The molecule has 0 aliphatic carbocycles. The molecule has 1 N–H and O–H groups in total. The van der Waals surface area contributed by atoms with Crippen LogP contribution in [-0.4, -0.2) is 17.5 Å². The Labute approximate surface area is 110 Å². The first kappa shape index (κ1) is 12.6. The van der Waals surface area contributed by atoms with E-state index in [0.717, 1.165) is 15.8 Å². The van der Waals surface area contributed by atoms with E-state index in [2.05, 4.69) is 10.3 Å². The van der Waals surface area contributed by atoms with E-state index in [1.165, 1.54) is 11.3 Å². The molecule has 5 heteroatoms. The molecule has 0 fully saturated rings. The Morgan fingerprint density at radius 3 is 2.83 bits per heavy atom. The van der Waals surface area contributed by atoms with Crippen LogP contribution >= 0.6 is 11.3 Å². The summed E-state index contributed by atoms with van der Waals surface area (Å²) in [5.74, 6) is 0.716. The highest BCUT2D eigenvalue weighted by Gasteiger charge is 2.05. The van der Waals surface area contributed by atoms with Crippen LogP contribution in [0.3, 0.4) is 0 Å². The third-order valence-corrected chi connectivity index (χ3v) is 3.05. The van der Waals surface area contributed by atoms with E-state index in [0.29, 0.717) is 13.0 Å². The number of anilines is 1. The van der Waals surface area contributed by atoms with Crippen molar-refractivity contribution in [1.29, 1.82) is 0 Å². The van der Waals surface area contributed by atoms with Crippen LogP contribution < -0.4 is 10.1 Å². The first-order valence-electron chi connectivity index (χ1n) is 5.64. The van der Waals surface area contributed by atoms with Crippen molar-refractivity contribution in [3.63, 3.8) is 0 Å². The van der Waals surface area contributed by atoms with Crippen LogP contribution in [0.2, 0.25) is 0 Å². The Bertz CT molecular complexity index is 511. The van der Waals surface area contributed by atoms with Crippen LogP contribution in [0.4, 0.5) is 5.00 Å². The number of aromatic nitrogens is 1. The predicted octanol–water partition coefficient (Wildman–Crippen LogP) is 2.86. The zero-order valence-electron chi connectivity index (χ0n) is 10.1. The van der Waals surface area contributed by atoms with Gasteiger partial charge in [0.05, 0.1) is 24.2 Å². The molecule has 2 aromatic rings. The number of nitrogens with one attached hydrogen (secondary N) is 1. The molecule has 4 nitrogen and oxygen atoms in total. The smallest absolute Gasteiger partial charge is 0.228 e. The highest BCUT2D eigenvalue weighted by molar-refractivity contribution is 7.15. The summed E-state index contributed by atoms with van der Waals surface area (Å²) in [6, 6.07) is 9.45. The molecule has 1 amide bonds. The van der Waals surface area contributed by atoms with E-state index in [4.69, 9.17) is 4.74 Å². The molecule has 0 spiro atoms. The van der Waals surface area contributed by atoms with Crippen molar-refractivity contribution in [2.45, 2.75) is 13.3 Å². The summed E-state index contributed by atoms with van der Waals surface area (Å²) in [6.07, 6.45) is 1.99. The Hall–Kier alpha value is -1.88. The number of hydrogen-bond acceptors (Lipinski definition) is 4. The minimum atomic E-state index is -0.0606. The quantitative estimate of drug-likeness (QED) is 0.901. The minimum absolute atomic E-state index is 0.0606. The molecule has 1 heterocycles. The van der Waals surface area contributed by atoms with Gasteiger partial charge in [0.2, 0.25) is 5.91 Å². The van der Waals surface area contributed by atoms with Crippen LogP contribution in [0.15, 0.2) is 36.5 Å². The molecule has 1 aromatic heterocycles. The topological polar surface area (TPSA) is 51.2 Å². The third-order valence-electron chi connectivity index (χ3n) is 2.22. The van der Waals surface area contributed by atoms with E-state index in [9.17, 15) is 4.79 Å². The lowest BCUT2D eigenvalue weighted by Crippen LogP contribution is -2.14. The third kappa shape index (κ3) is 3.85. The monoisotopic (exact) mass is 262 g/mol. The fraction of sp³-hybridized carbons (Fsp3) is 0.231. The van der Waals surface area contributed by atoms with Crippen molar-refractivity contribution in [3.8, 4) is 5.75 Å². The predicted molar refractivity (Wildman–Crippen MR) is 72.0 cm³/mol. The molecule has 0 bridgehead atoms. The summed E-state index contributed by atoms with van der Waals surface area (Å²) >= 11 is 1.46. The number of hydrogen-bond donors (Lipinski definition) is 1. The fourth-order valence-corrected chi connectivity index (χ4v) is 2.09. The van der Waals surface area contributed by atoms with Crippen molar-refractivity contribution < 1.29 is 9.53 Å². The Morgan fingerprint density at radius 1 is 1.39 bits per heavy atom. The zero-order chi connectivity index (χ0) is 12.8. The lowest BCUT2D eigenvalue weighted by atomic mass is 10.3. The van der Waals surface area contributed by atoms with Gasteiger partial charge in [0, 0.05) is 0 Å². The summed E-state index contributed by atoms with van der Waals surface area (Å²) in [7, 11) is 0. The molecule has 0 aliphatic heterocycles. The molecule has 1 aromatic carbocycles. The SMILES string of the molecule is Cc1ncc(NC(=O)CCOc2ccccc2)s1. The summed E-state index contributed by atoms with van der Waals surface area (Å²) in [5, 5.41) is 4.50. The maximum absolute atomic E-state index is 11.6. The number of para-hydroxylation sites is 1. The van der Waals surface area contributed by atoms with E-state index in [1.54, 1.807) is 6.20 Å². The van der Waals surface area contributed by atoms with Crippen molar-refractivity contribution in [1.82, 2.24) is 4.98 Å². The molecule has 0 atom stereocenters. The van der Waals surface area contributed by atoms with Crippen LogP contribution in [-0.2, 0) is 4.79 Å². The number of ether oxygens (including phenoxy) is 1. The van der Waals surface area contributed by atoms with Crippen LogP contribution in [0, 0.1) is 6.92 Å². The number of carbonyl (C=O) groups excluding carboxylic acids is 1. The molecular formula is C13H14N2O2S. The van der Waals surface area contributed by atoms with Gasteiger partial charge in [-0.25, -0.2) is 4.98 Å². The van der Waals surface area contributed by atoms with Crippen molar-refractivity contribution in [2.24, 2.45) is 0 Å². The Kier molecular flexibility index (Phi) is 4.30. The van der Waals surface area contributed by atoms with Crippen LogP contribution in [0.5, 0.6) is 5.75 Å². The second kappa shape index (κ2) is 6.16. The van der Waals surface area contributed by atoms with Gasteiger partial charge in [-0.3, -0.25) is 4.79 Å². The van der Waals surface area contributed by atoms with Crippen molar-refractivity contribution >= 4 is 22.2 Å². The molecule has 0 saturated heterocycles. The van der Waals surface area contributed by atoms with E-state index in [-0.39, 0.29) is 5.91 Å². The number of nitrogens with zero attached hydrogens (tertiary/aromatic N) is 1. The number of benzene rings is 1. The van der Waals surface area contributed by atoms with Gasteiger partial charge in [-0.05, 0) is 19.1 Å². The summed E-state index contributed by atoms with van der Waals surface area (Å²) in [6.45, 7) is 2.27. The summed E-state index contributed by atoms with van der Waals surface area (Å²) in [4.78, 5) is 15.7. The maximum Gasteiger partial charge on any atom is 0.228 e. The van der Waals surface area contributed by atoms with Crippen LogP contribution in [0.1, 0.15) is 11.4 Å². The zero-order valence-corrected chi connectivity index (χ0v) is 10.9. The van der Waals surface area contributed by atoms with Gasteiger partial charge in [-0.2, -0.15) is 0 Å². The molecule has 0 saturated carbocycles. The standard InChI is InChI=1S/C13H14N2O2S/c1-10-14-9-13(18-10)15-12(16)7-8-17-11-5-3-2-4-6-11/h2-6,9H,7-8H2,1H3,(H,15,16). The molecule has 0 radical (unpaired) electrons. The highest BCUT2D eigenvalue weighted by atomic mass is 32.1. The van der Waals surface area contributed by atoms with E-state index < -0.39 is 0 Å². The van der Waals surface area contributed by atoms with Crippen LogP contribution in [0.25, 0.3) is 0 Å². The van der Waals surface area contributed by atoms with Gasteiger partial charge >= 0.3 is 0 Å². The molecule has 0 unspecified atom stereocenters. The molecule has 94 valence electrons. The van der Waals surface area contributed by atoms with Gasteiger partial charge in [-0.1, -0.05) is 18.2 Å². The number of rotatable bonds is 5. The lowest BCUT2D eigenvalue weighted by molar-refractivity contribution is -0.116. The maximum atomic E-state index is 11.6. The Morgan fingerprint density at radius 2 is 2.17 bits per heavy atom. The number of aryl methyl sites for hydroxylation is 1. The first-order valence-corrected chi connectivity index (χ1v) is 6.46. The van der Waals surface area contributed by atoms with Gasteiger partial charge in [0.25, 0.3) is 0 Å². The second-order valence-electron chi connectivity index (χ2n) is 3.70. The Balaban J connectivity index is 1.72. The van der Waals surface area contributed by atoms with Crippen molar-refractivity contribution in [2.75, 3.05) is 11.9 Å². The minimum Gasteiger partial charge on any atom is -0.493 e. The summed E-state index contributed by atoms with van der Waals surface area (Å²) < 4.78 is 5.45. The van der Waals surface area contributed by atoms with E-state index >= 15 is 0 Å². The molecular weight excluding hydrogens is 248 g/mol. The average molecular weight is 262 g/mol. The number of thiazole rings is 1. The normalized spacial score (nSPS) is 10.1. The van der Waals surface area contributed by atoms with Gasteiger partial charge < -0.3 is 10.1 Å². The first-order chi connectivity index (χ1) is 8.74. The number of amides is 1. The second-order valence-corrected chi connectivity index (χ2v) is 4.94. The van der Waals surface area contributed by atoms with Crippen molar-refractivity contribution in [3.05, 3.63) is 41.5 Å². The van der Waals surface area contributed by atoms with Gasteiger partial charge in [0.1, 0.15) is 10.8 Å². The number of carbonyl (C=O) groups is 1. The fourth-order valence-electron chi connectivity index (χ4n) is 1.40. The largest absolute Gasteiger partial charge is 0.493 e. The summed E-state index contributed by atoms with van der Waals surface area (Å²) in [5.41, 5.74) is 0. The molecule has 2 rings (SSSR count).